The van der Waals surface area contributed by atoms with Gasteiger partial charge in [0.2, 0.25) is 5.43 Å². The van der Waals surface area contributed by atoms with Crippen molar-refractivity contribution in [3.8, 4) is 22.6 Å². The van der Waals surface area contributed by atoms with E-state index < -0.39 is 23.6 Å². The van der Waals surface area contributed by atoms with Gasteiger partial charge in [-0.1, -0.05) is 19.1 Å². The van der Waals surface area contributed by atoms with E-state index in [2.05, 4.69) is 4.98 Å². The Morgan fingerprint density at radius 3 is 2.50 bits per heavy atom. The Balaban J connectivity index is 2.32. The molecule has 0 radical (unpaired) electrons. The lowest BCUT2D eigenvalue weighted by molar-refractivity contribution is -0.136. The van der Waals surface area contributed by atoms with Crippen LogP contribution in [-0.2, 0) is 11.2 Å². The van der Waals surface area contributed by atoms with E-state index in [-0.39, 0.29) is 22.2 Å². The molecular weight excluding hydrogens is 365 g/mol. The van der Waals surface area contributed by atoms with Crippen molar-refractivity contribution in [3.63, 3.8) is 0 Å². The minimum absolute atomic E-state index is 0.115. The van der Waals surface area contributed by atoms with Gasteiger partial charge < -0.3 is 19.6 Å². The summed E-state index contributed by atoms with van der Waals surface area (Å²) in [6.45, 7) is 2.31. The fourth-order valence-corrected chi connectivity index (χ4v) is 3.06. The number of methoxy groups -OCH3 is 1. The van der Waals surface area contributed by atoms with Gasteiger partial charge in [-0.15, -0.1) is 0 Å². The van der Waals surface area contributed by atoms with Crippen LogP contribution < -0.4 is 14.9 Å². The van der Waals surface area contributed by atoms with Crippen molar-refractivity contribution in [2.45, 2.75) is 19.8 Å². The van der Waals surface area contributed by atoms with Gasteiger partial charge in [-0.2, -0.15) is 0 Å². The third-order valence-corrected chi connectivity index (χ3v) is 4.32. The van der Waals surface area contributed by atoms with E-state index in [0.717, 1.165) is 6.42 Å². The largest absolute Gasteiger partial charge is 0.497 e. The van der Waals surface area contributed by atoms with Gasteiger partial charge in [0.1, 0.15) is 17.3 Å². The predicted molar refractivity (Wildman–Crippen MR) is 104 cm³/mol. The number of aliphatic carboxylic acids is 1. The molecule has 7 heteroatoms. The van der Waals surface area contributed by atoms with Crippen LogP contribution in [0, 0.1) is 5.82 Å². The number of rotatable bonds is 7. The average Bonchev–Trinajstić information content (AvgIpc) is 2.67. The Bertz CT molecular complexity index is 1070. The molecule has 146 valence electrons. The van der Waals surface area contributed by atoms with Crippen LogP contribution in [0.2, 0.25) is 0 Å². The number of halogens is 1. The zero-order chi connectivity index (χ0) is 20.3. The van der Waals surface area contributed by atoms with Crippen LogP contribution in [0.4, 0.5) is 4.39 Å². The third-order valence-electron chi connectivity index (χ3n) is 4.32. The zero-order valence-corrected chi connectivity index (χ0v) is 15.5. The monoisotopic (exact) mass is 385 g/mol. The SMILES string of the molecule is CCCOc1ccc(F)c2c(=O)c(-c3ccc(OC)cc3)c(CC(=O)O)[nH]c12. The van der Waals surface area contributed by atoms with Crippen LogP contribution in [-0.4, -0.2) is 29.8 Å². The number of aromatic amines is 1. The van der Waals surface area contributed by atoms with Gasteiger partial charge in [0, 0.05) is 11.3 Å². The highest BCUT2D eigenvalue weighted by molar-refractivity contribution is 5.90. The van der Waals surface area contributed by atoms with Crippen molar-refractivity contribution < 1.29 is 23.8 Å². The lowest BCUT2D eigenvalue weighted by Gasteiger charge is -2.14. The molecule has 3 aromatic rings. The second-order valence-corrected chi connectivity index (χ2v) is 6.25. The molecule has 2 N–H and O–H groups in total. The highest BCUT2D eigenvalue weighted by Crippen LogP contribution is 2.30. The Labute approximate surface area is 160 Å². The summed E-state index contributed by atoms with van der Waals surface area (Å²) in [5.74, 6) is -0.917. The van der Waals surface area contributed by atoms with E-state index in [4.69, 9.17) is 9.47 Å². The van der Waals surface area contributed by atoms with Gasteiger partial charge in [-0.05, 0) is 36.2 Å². The molecule has 0 aliphatic heterocycles. The summed E-state index contributed by atoms with van der Waals surface area (Å²) in [7, 11) is 1.51. The van der Waals surface area contributed by atoms with E-state index >= 15 is 0 Å². The quantitative estimate of drug-likeness (QED) is 0.647. The van der Waals surface area contributed by atoms with Crippen LogP contribution in [0.15, 0.2) is 41.2 Å². The molecule has 0 spiro atoms. The van der Waals surface area contributed by atoms with Gasteiger partial charge >= 0.3 is 5.97 Å². The fourth-order valence-electron chi connectivity index (χ4n) is 3.06. The molecule has 0 saturated carbocycles. The van der Waals surface area contributed by atoms with E-state index in [1.165, 1.54) is 19.2 Å². The number of fused-ring (bicyclic) bond motifs is 1. The first-order valence-electron chi connectivity index (χ1n) is 8.82. The number of aromatic nitrogens is 1. The molecule has 0 aliphatic carbocycles. The second kappa shape index (κ2) is 8.12. The zero-order valence-electron chi connectivity index (χ0n) is 15.5. The normalized spacial score (nSPS) is 10.8. The molecule has 0 saturated heterocycles. The van der Waals surface area contributed by atoms with E-state index in [0.29, 0.717) is 23.7 Å². The van der Waals surface area contributed by atoms with Crippen LogP contribution in [0.25, 0.3) is 22.0 Å². The average molecular weight is 385 g/mol. The fraction of sp³-hybridized carbons (Fsp3) is 0.238. The molecule has 0 bridgehead atoms. The van der Waals surface area contributed by atoms with Crippen LogP contribution in [0.1, 0.15) is 19.0 Å². The molecule has 0 aliphatic rings. The molecule has 0 amide bonds. The third kappa shape index (κ3) is 3.69. The number of nitrogens with one attached hydrogen (secondary N) is 1. The Kier molecular flexibility index (Phi) is 5.63. The summed E-state index contributed by atoms with van der Waals surface area (Å²) < 4.78 is 25.3. The number of carbonyl (C=O) groups is 1. The van der Waals surface area contributed by atoms with Crippen molar-refractivity contribution in [3.05, 3.63) is 58.1 Å². The van der Waals surface area contributed by atoms with Crippen molar-refractivity contribution in [1.82, 2.24) is 4.98 Å². The molecule has 0 unspecified atom stereocenters. The van der Waals surface area contributed by atoms with E-state index in [1.807, 2.05) is 6.92 Å². The van der Waals surface area contributed by atoms with Crippen molar-refractivity contribution in [1.29, 1.82) is 0 Å². The molecule has 1 aromatic heterocycles. The highest BCUT2D eigenvalue weighted by Gasteiger charge is 2.20. The Morgan fingerprint density at radius 1 is 1.18 bits per heavy atom. The van der Waals surface area contributed by atoms with Gasteiger partial charge in [-0.3, -0.25) is 9.59 Å². The van der Waals surface area contributed by atoms with Crippen molar-refractivity contribution in [2.75, 3.05) is 13.7 Å². The second-order valence-electron chi connectivity index (χ2n) is 6.25. The summed E-state index contributed by atoms with van der Waals surface area (Å²) in [5, 5.41) is 9.14. The maximum absolute atomic E-state index is 14.5. The summed E-state index contributed by atoms with van der Waals surface area (Å²) in [4.78, 5) is 27.5. The number of H-pyrrole nitrogens is 1. The molecule has 6 nitrogen and oxygen atoms in total. The molecule has 0 atom stereocenters. The van der Waals surface area contributed by atoms with Crippen molar-refractivity contribution >= 4 is 16.9 Å². The Morgan fingerprint density at radius 2 is 1.89 bits per heavy atom. The molecule has 0 fully saturated rings. The molecule has 28 heavy (non-hydrogen) atoms. The number of benzene rings is 2. The molecule has 2 aromatic carbocycles. The number of carboxylic acid groups (broad SMARTS) is 1. The number of hydrogen-bond donors (Lipinski definition) is 2. The first kappa shape index (κ1) is 19.4. The van der Waals surface area contributed by atoms with E-state index in [1.54, 1.807) is 24.3 Å². The standard InChI is InChI=1S/C21H20FNO5/c1-3-10-28-16-9-8-14(22)19-20(16)23-15(11-17(24)25)18(21(19)26)12-4-6-13(27-2)7-5-12/h4-9H,3,10-11H2,1-2H3,(H,23,26)(H,24,25). The van der Waals surface area contributed by atoms with E-state index in [9.17, 15) is 19.1 Å². The first-order chi connectivity index (χ1) is 13.5. The number of ether oxygens (including phenoxy) is 2. The molecular formula is C21H20FNO5. The van der Waals surface area contributed by atoms with Crippen LogP contribution >= 0.6 is 0 Å². The minimum atomic E-state index is -1.11. The summed E-state index contributed by atoms with van der Waals surface area (Å²) in [6, 6.07) is 9.19. The smallest absolute Gasteiger partial charge is 0.309 e. The van der Waals surface area contributed by atoms with Gasteiger partial charge in [0.25, 0.3) is 0 Å². The highest BCUT2D eigenvalue weighted by atomic mass is 19.1. The predicted octanol–water partition coefficient (Wildman–Crippen LogP) is 3.76. The lowest BCUT2D eigenvalue weighted by Crippen LogP contribution is -2.16. The van der Waals surface area contributed by atoms with Gasteiger partial charge in [-0.25, -0.2) is 4.39 Å². The first-order valence-corrected chi connectivity index (χ1v) is 8.82. The van der Waals surface area contributed by atoms with Gasteiger partial charge in [0.15, 0.2) is 0 Å². The summed E-state index contributed by atoms with van der Waals surface area (Å²) in [6.07, 6.45) is 0.311. The maximum Gasteiger partial charge on any atom is 0.309 e. The summed E-state index contributed by atoms with van der Waals surface area (Å²) in [5.41, 5.74) is 0.340. The maximum atomic E-state index is 14.5. The minimum Gasteiger partial charge on any atom is -0.497 e. The lowest BCUT2D eigenvalue weighted by atomic mass is 9.98. The van der Waals surface area contributed by atoms with Crippen molar-refractivity contribution in [2.24, 2.45) is 0 Å². The number of carboxylic acids is 1. The molecule has 1 heterocycles. The van der Waals surface area contributed by atoms with Gasteiger partial charge in [0.05, 0.1) is 31.0 Å². The topological polar surface area (TPSA) is 88.6 Å². The number of pyridine rings is 1. The van der Waals surface area contributed by atoms with Crippen LogP contribution in [0.3, 0.4) is 0 Å². The van der Waals surface area contributed by atoms with Crippen LogP contribution in [0.5, 0.6) is 11.5 Å². The summed E-state index contributed by atoms with van der Waals surface area (Å²) >= 11 is 0. The molecule has 3 rings (SSSR count). The number of hydrogen-bond acceptors (Lipinski definition) is 4. The Hall–Kier alpha value is -3.35.